The summed E-state index contributed by atoms with van der Waals surface area (Å²) in [6.07, 6.45) is 3.00. The molecule has 0 amide bonds. The Morgan fingerprint density at radius 2 is 2.26 bits per heavy atom. The molecule has 19 heavy (non-hydrogen) atoms. The lowest BCUT2D eigenvalue weighted by Gasteiger charge is -2.23. The highest BCUT2D eigenvalue weighted by Crippen LogP contribution is 2.15. The molecule has 0 aliphatic carbocycles. The van der Waals surface area contributed by atoms with E-state index in [1.165, 1.54) is 5.56 Å². The zero-order valence-corrected chi connectivity index (χ0v) is 12.9. The quantitative estimate of drug-likeness (QED) is 0.854. The number of pyridine rings is 1. The molecule has 0 aliphatic rings. The zero-order valence-electron chi connectivity index (χ0n) is 12.1. The van der Waals surface area contributed by atoms with Gasteiger partial charge in [0.25, 0.3) is 0 Å². The van der Waals surface area contributed by atoms with Gasteiger partial charge < -0.3 is 14.5 Å². The van der Waals surface area contributed by atoms with Crippen LogP contribution in [-0.4, -0.2) is 39.1 Å². The fraction of sp³-hybridized carbons (Fsp3) is 0.571. The molecule has 0 saturated carbocycles. The molecule has 0 aliphatic heterocycles. The summed E-state index contributed by atoms with van der Waals surface area (Å²) in [5, 5.41) is 0. The maximum absolute atomic E-state index is 5.41. The minimum atomic E-state index is 0.592. The van der Waals surface area contributed by atoms with Gasteiger partial charge in [0.15, 0.2) is 10.4 Å². The van der Waals surface area contributed by atoms with Crippen LogP contribution in [0.25, 0.3) is 11.2 Å². The van der Waals surface area contributed by atoms with Crippen molar-refractivity contribution in [3.05, 3.63) is 22.6 Å². The largest absolute Gasteiger partial charge is 0.329 e. The van der Waals surface area contributed by atoms with Gasteiger partial charge in [-0.15, -0.1) is 0 Å². The molecule has 4 nitrogen and oxygen atoms in total. The number of likely N-dealkylation sites (N-methyl/N-ethyl adjacent to an activating group) is 1. The normalized spacial score (nSPS) is 13.3. The maximum Gasteiger partial charge on any atom is 0.179 e. The Kier molecular flexibility index (Phi) is 4.37. The number of hydrogen-bond acceptors (Lipinski definition) is 3. The van der Waals surface area contributed by atoms with Gasteiger partial charge >= 0.3 is 0 Å². The predicted molar refractivity (Wildman–Crippen MR) is 82.0 cm³/mol. The third-order valence-corrected chi connectivity index (χ3v) is 4.21. The SMILES string of the molecule is CCC(C)N(C)CCn1c(=S)[nH]c2c(C)ccnc21. The second-order valence-electron chi connectivity index (χ2n) is 5.15. The topological polar surface area (TPSA) is 36.9 Å². The first kappa shape index (κ1) is 14.2. The van der Waals surface area contributed by atoms with E-state index in [1.807, 2.05) is 12.3 Å². The Hall–Kier alpha value is -1.20. The number of rotatable bonds is 5. The predicted octanol–water partition coefficient (Wildman–Crippen LogP) is 3.13. The number of fused-ring (bicyclic) bond motifs is 1. The Bertz CT molecular complexity index is 613. The van der Waals surface area contributed by atoms with Gasteiger partial charge in [0.05, 0.1) is 5.52 Å². The van der Waals surface area contributed by atoms with Crippen molar-refractivity contribution in [3.63, 3.8) is 0 Å². The standard InChI is InChI=1S/C14H22N4S/c1-5-11(3)17(4)8-9-18-13-12(16-14(18)19)10(2)6-7-15-13/h6-7,11H,5,8-9H2,1-4H3,(H,16,19). The molecule has 0 bridgehead atoms. The first-order valence-electron chi connectivity index (χ1n) is 6.79. The van der Waals surface area contributed by atoms with Crippen LogP contribution < -0.4 is 0 Å². The second-order valence-corrected chi connectivity index (χ2v) is 5.53. The third-order valence-electron chi connectivity index (χ3n) is 3.89. The molecule has 2 aromatic heterocycles. The van der Waals surface area contributed by atoms with Crippen LogP contribution in [0, 0.1) is 11.7 Å². The molecule has 0 radical (unpaired) electrons. The minimum Gasteiger partial charge on any atom is -0.329 e. The van der Waals surface area contributed by atoms with Crippen molar-refractivity contribution in [2.24, 2.45) is 0 Å². The number of aromatic amines is 1. The number of H-pyrrole nitrogens is 1. The van der Waals surface area contributed by atoms with E-state index in [1.54, 1.807) is 0 Å². The molecule has 0 aromatic carbocycles. The average Bonchev–Trinajstić information content (AvgIpc) is 2.72. The Morgan fingerprint density at radius 1 is 1.53 bits per heavy atom. The Morgan fingerprint density at radius 3 is 2.95 bits per heavy atom. The van der Waals surface area contributed by atoms with Crippen molar-refractivity contribution >= 4 is 23.4 Å². The van der Waals surface area contributed by atoms with E-state index in [0.717, 1.165) is 35.4 Å². The number of nitrogens with zero attached hydrogens (tertiary/aromatic N) is 3. The molecule has 2 rings (SSSR count). The maximum atomic E-state index is 5.41. The first-order chi connectivity index (χ1) is 9.04. The average molecular weight is 278 g/mol. The number of hydrogen-bond donors (Lipinski definition) is 1. The van der Waals surface area contributed by atoms with Crippen molar-refractivity contribution in [1.82, 2.24) is 19.4 Å². The molecule has 0 spiro atoms. The molecule has 1 N–H and O–H groups in total. The van der Waals surface area contributed by atoms with E-state index in [-0.39, 0.29) is 0 Å². The van der Waals surface area contributed by atoms with Crippen LogP contribution >= 0.6 is 12.2 Å². The van der Waals surface area contributed by atoms with Crippen LogP contribution in [0.2, 0.25) is 0 Å². The molecule has 2 aromatic rings. The highest BCUT2D eigenvalue weighted by Gasteiger charge is 2.10. The molecule has 2 heterocycles. The zero-order chi connectivity index (χ0) is 14.0. The summed E-state index contributed by atoms with van der Waals surface area (Å²) >= 11 is 5.41. The van der Waals surface area contributed by atoms with Crippen LogP contribution in [0.15, 0.2) is 12.3 Å². The smallest absolute Gasteiger partial charge is 0.179 e. The Labute approximate surface area is 119 Å². The van der Waals surface area contributed by atoms with Gasteiger partial charge in [0, 0.05) is 25.3 Å². The van der Waals surface area contributed by atoms with Crippen molar-refractivity contribution in [1.29, 1.82) is 0 Å². The van der Waals surface area contributed by atoms with Crippen molar-refractivity contribution < 1.29 is 0 Å². The van der Waals surface area contributed by atoms with E-state index in [9.17, 15) is 0 Å². The fourth-order valence-electron chi connectivity index (χ4n) is 2.17. The molecule has 1 atom stereocenters. The summed E-state index contributed by atoms with van der Waals surface area (Å²) in [5.41, 5.74) is 3.20. The van der Waals surface area contributed by atoms with Crippen molar-refractivity contribution in [3.8, 4) is 0 Å². The van der Waals surface area contributed by atoms with Crippen LogP contribution in [0.4, 0.5) is 0 Å². The van der Waals surface area contributed by atoms with Gasteiger partial charge in [-0.2, -0.15) is 0 Å². The third kappa shape index (κ3) is 2.87. The molecule has 104 valence electrons. The molecular formula is C14H22N4S. The summed E-state index contributed by atoms with van der Waals surface area (Å²) in [4.78, 5) is 10.1. The highest BCUT2D eigenvalue weighted by atomic mass is 32.1. The number of nitrogens with one attached hydrogen (secondary N) is 1. The van der Waals surface area contributed by atoms with E-state index < -0.39 is 0 Å². The molecule has 0 saturated heterocycles. The van der Waals surface area contributed by atoms with Gasteiger partial charge in [-0.05, 0) is 51.2 Å². The fourth-order valence-corrected chi connectivity index (χ4v) is 2.45. The lowest BCUT2D eigenvalue weighted by molar-refractivity contribution is 0.243. The van der Waals surface area contributed by atoms with Gasteiger partial charge in [-0.3, -0.25) is 0 Å². The van der Waals surface area contributed by atoms with Crippen LogP contribution in [-0.2, 0) is 6.54 Å². The summed E-state index contributed by atoms with van der Waals surface area (Å²) in [5.74, 6) is 0. The summed E-state index contributed by atoms with van der Waals surface area (Å²) in [7, 11) is 2.16. The van der Waals surface area contributed by atoms with Gasteiger partial charge in [0.2, 0.25) is 0 Å². The minimum absolute atomic E-state index is 0.592. The molecule has 1 unspecified atom stereocenters. The van der Waals surface area contributed by atoms with E-state index in [4.69, 9.17) is 12.2 Å². The van der Waals surface area contributed by atoms with Crippen LogP contribution in [0.5, 0.6) is 0 Å². The molecule has 0 fully saturated rings. The summed E-state index contributed by atoms with van der Waals surface area (Å²) in [6.45, 7) is 8.38. The van der Waals surface area contributed by atoms with Crippen molar-refractivity contribution in [2.75, 3.05) is 13.6 Å². The number of aromatic nitrogens is 3. The number of imidazole rings is 1. The summed E-state index contributed by atoms with van der Waals surface area (Å²) in [6, 6.07) is 2.59. The second kappa shape index (κ2) is 5.84. The van der Waals surface area contributed by atoms with Gasteiger partial charge in [-0.25, -0.2) is 4.98 Å². The van der Waals surface area contributed by atoms with E-state index in [0.29, 0.717) is 6.04 Å². The monoisotopic (exact) mass is 278 g/mol. The number of aryl methyl sites for hydroxylation is 1. The highest BCUT2D eigenvalue weighted by molar-refractivity contribution is 7.71. The van der Waals surface area contributed by atoms with E-state index >= 15 is 0 Å². The van der Waals surface area contributed by atoms with Gasteiger partial charge in [-0.1, -0.05) is 6.92 Å². The molecule has 5 heteroatoms. The van der Waals surface area contributed by atoms with Crippen LogP contribution in [0.3, 0.4) is 0 Å². The van der Waals surface area contributed by atoms with Crippen molar-refractivity contribution in [2.45, 2.75) is 39.8 Å². The van der Waals surface area contributed by atoms with Gasteiger partial charge in [0.1, 0.15) is 0 Å². The lowest BCUT2D eigenvalue weighted by atomic mass is 10.2. The van der Waals surface area contributed by atoms with E-state index in [2.05, 4.69) is 47.3 Å². The first-order valence-corrected chi connectivity index (χ1v) is 7.19. The Balaban J connectivity index is 2.24. The lowest BCUT2D eigenvalue weighted by Crippen LogP contribution is -2.31. The summed E-state index contributed by atoms with van der Waals surface area (Å²) < 4.78 is 2.85. The molecular weight excluding hydrogens is 256 g/mol. The van der Waals surface area contributed by atoms with Crippen LogP contribution in [0.1, 0.15) is 25.8 Å².